The number of anilines is 1. The van der Waals surface area contributed by atoms with Gasteiger partial charge in [0.1, 0.15) is 11.4 Å². The topological polar surface area (TPSA) is 145 Å². The summed E-state index contributed by atoms with van der Waals surface area (Å²) in [6.07, 6.45) is 0. The largest absolute Gasteiger partial charge is 0.351 e. The van der Waals surface area contributed by atoms with E-state index in [4.69, 9.17) is 5.73 Å². The van der Waals surface area contributed by atoms with E-state index in [0.717, 1.165) is 11.1 Å². The van der Waals surface area contributed by atoms with Crippen molar-refractivity contribution < 1.29 is 14.5 Å². The number of nitrogens with one attached hydrogen (secondary N) is 2. The van der Waals surface area contributed by atoms with Crippen molar-refractivity contribution in [1.82, 2.24) is 15.1 Å². The summed E-state index contributed by atoms with van der Waals surface area (Å²) in [5.74, 6) is -0.231. The normalized spacial score (nSPS) is 11.6. The summed E-state index contributed by atoms with van der Waals surface area (Å²) in [5.41, 5.74) is 8.78. The summed E-state index contributed by atoms with van der Waals surface area (Å²) >= 11 is 0. The second-order valence-corrected chi connectivity index (χ2v) is 7.44. The van der Waals surface area contributed by atoms with Crippen LogP contribution in [0.3, 0.4) is 0 Å². The van der Waals surface area contributed by atoms with Crippen molar-refractivity contribution in [3.63, 3.8) is 0 Å². The molecular weight excluding hydrogens is 412 g/mol. The molecule has 3 rings (SSSR count). The lowest BCUT2D eigenvalue weighted by molar-refractivity contribution is -0.386. The molecule has 1 aromatic heterocycles. The molecule has 0 aliphatic rings. The van der Waals surface area contributed by atoms with E-state index >= 15 is 0 Å². The highest BCUT2D eigenvalue weighted by molar-refractivity contribution is 5.94. The van der Waals surface area contributed by atoms with Crippen LogP contribution in [0.2, 0.25) is 0 Å². The van der Waals surface area contributed by atoms with E-state index in [1.54, 1.807) is 67.1 Å². The first-order chi connectivity index (χ1) is 15.2. The number of carbonyl (C=O) groups is 2. The van der Waals surface area contributed by atoms with Gasteiger partial charge in [-0.05, 0) is 56.2 Å². The maximum atomic E-state index is 12.6. The van der Waals surface area contributed by atoms with Crippen LogP contribution in [-0.2, 0) is 6.54 Å². The lowest BCUT2D eigenvalue weighted by atomic mass is 10.1. The maximum Gasteiger partial charge on any atom is 0.316 e. The number of amides is 3. The molecule has 0 spiro atoms. The van der Waals surface area contributed by atoms with Crippen LogP contribution in [0.15, 0.2) is 48.5 Å². The zero-order valence-electron chi connectivity index (χ0n) is 18.0. The van der Waals surface area contributed by atoms with Crippen LogP contribution in [0.25, 0.3) is 0 Å². The molecule has 0 bridgehead atoms. The third-order valence-electron chi connectivity index (χ3n) is 5.10. The van der Waals surface area contributed by atoms with E-state index in [1.165, 1.54) is 0 Å². The van der Waals surface area contributed by atoms with Crippen molar-refractivity contribution in [3.8, 4) is 0 Å². The first-order valence-electron chi connectivity index (χ1n) is 9.90. The molecule has 1 atom stereocenters. The van der Waals surface area contributed by atoms with Gasteiger partial charge in [-0.1, -0.05) is 24.3 Å². The Bertz CT molecular complexity index is 1150. The second-order valence-electron chi connectivity index (χ2n) is 7.44. The van der Waals surface area contributed by atoms with Crippen LogP contribution < -0.4 is 16.4 Å². The Morgan fingerprint density at radius 2 is 1.75 bits per heavy atom. The minimum atomic E-state index is -0.640. The Balaban J connectivity index is 1.64. The van der Waals surface area contributed by atoms with E-state index in [2.05, 4.69) is 15.7 Å². The molecule has 4 N–H and O–H groups in total. The van der Waals surface area contributed by atoms with Gasteiger partial charge < -0.3 is 16.4 Å². The number of carbonyl (C=O) groups excluding carboxylic acids is 2. The highest BCUT2D eigenvalue weighted by atomic mass is 16.6. The number of hydrogen-bond donors (Lipinski definition) is 3. The second kappa shape index (κ2) is 9.29. The molecule has 32 heavy (non-hydrogen) atoms. The molecule has 3 amide bonds. The summed E-state index contributed by atoms with van der Waals surface area (Å²) in [4.78, 5) is 34.2. The van der Waals surface area contributed by atoms with Crippen LogP contribution in [0.5, 0.6) is 0 Å². The van der Waals surface area contributed by atoms with Gasteiger partial charge in [-0.15, -0.1) is 0 Å². The highest BCUT2D eigenvalue weighted by Gasteiger charge is 2.21. The summed E-state index contributed by atoms with van der Waals surface area (Å²) in [5, 5.41) is 20.8. The van der Waals surface area contributed by atoms with Gasteiger partial charge in [0, 0.05) is 11.3 Å². The minimum absolute atomic E-state index is 0.0217. The first kappa shape index (κ1) is 22.5. The summed E-state index contributed by atoms with van der Waals surface area (Å²) < 4.78 is 1.58. The fourth-order valence-corrected chi connectivity index (χ4v) is 3.40. The van der Waals surface area contributed by atoms with Gasteiger partial charge in [-0.2, -0.15) is 5.10 Å². The number of nitro groups is 1. The zero-order valence-corrected chi connectivity index (χ0v) is 18.0. The molecule has 166 valence electrons. The standard InChI is InChI=1S/C22H24N6O4/c1-13(17-8-10-19(11-9-17)25-22(23)30)24-21(29)18-6-4-16(5-7-18)12-27-15(3)20(28(31)32)14(2)26-27/h4-11,13H,12H2,1-3H3,(H,24,29)(H3,23,25,30). The zero-order chi connectivity index (χ0) is 23.4. The van der Waals surface area contributed by atoms with Gasteiger partial charge in [-0.3, -0.25) is 19.6 Å². The molecule has 0 aliphatic carbocycles. The monoisotopic (exact) mass is 436 g/mol. The van der Waals surface area contributed by atoms with E-state index in [-0.39, 0.29) is 17.6 Å². The van der Waals surface area contributed by atoms with E-state index in [9.17, 15) is 19.7 Å². The van der Waals surface area contributed by atoms with Crippen LogP contribution in [0.1, 0.15) is 45.8 Å². The number of primary amides is 1. The van der Waals surface area contributed by atoms with Crippen LogP contribution in [0, 0.1) is 24.0 Å². The molecule has 0 aliphatic heterocycles. The minimum Gasteiger partial charge on any atom is -0.351 e. The molecule has 0 fully saturated rings. The number of urea groups is 1. The smallest absolute Gasteiger partial charge is 0.316 e. The Morgan fingerprint density at radius 3 is 2.28 bits per heavy atom. The first-order valence-corrected chi connectivity index (χ1v) is 9.90. The molecule has 0 radical (unpaired) electrons. The van der Waals surface area contributed by atoms with Crippen molar-refractivity contribution in [2.75, 3.05) is 5.32 Å². The Hall–Kier alpha value is -4.21. The third kappa shape index (κ3) is 5.09. The average molecular weight is 436 g/mol. The molecule has 2 aromatic carbocycles. The Labute approximate surface area is 184 Å². The number of nitrogens with two attached hydrogens (primary N) is 1. The number of aryl methyl sites for hydroxylation is 1. The average Bonchev–Trinajstić information content (AvgIpc) is 3.01. The molecule has 10 heteroatoms. The molecule has 0 saturated carbocycles. The maximum absolute atomic E-state index is 12.6. The van der Waals surface area contributed by atoms with Gasteiger partial charge in [0.15, 0.2) is 0 Å². The number of aromatic nitrogens is 2. The van der Waals surface area contributed by atoms with E-state index in [0.29, 0.717) is 29.2 Å². The van der Waals surface area contributed by atoms with Gasteiger partial charge in [-0.25, -0.2) is 4.79 Å². The fraction of sp³-hybridized carbons (Fsp3) is 0.227. The fourth-order valence-electron chi connectivity index (χ4n) is 3.40. The van der Waals surface area contributed by atoms with Crippen LogP contribution in [0.4, 0.5) is 16.2 Å². The predicted octanol–water partition coefficient (Wildman–Crippen LogP) is 3.44. The van der Waals surface area contributed by atoms with Gasteiger partial charge in [0.2, 0.25) is 0 Å². The summed E-state index contributed by atoms with van der Waals surface area (Å²) in [6.45, 7) is 5.50. The predicted molar refractivity (Wildman–Crippen MR) is 119 cm³/mol. The Kier molecular flexibility index (Phi) is 6.53. The molecular formula is C22H24N6O4. The Morgan fingerprint density at radius 1 is 1.12 bits per heavy atom. The number of benzene rings is 2. The quantitative estimate of drug-likeness (QED) is 0.384. The third-order valence-corrected chi connectivity index (χ3v) is 5.10. The lowest BCUT2D eigenvalue weighted by Gasteiger charge is -2.15. The molecule has 1 unspecified atom stereocenters. The number of hydrogen-bond acceptors (Lipinski definition) is 5. The van der Waals surface area contributed by atoms with Crippen molar-refractivity contribution >= 4 is 23.3 Å². The van der Waals surface area contributed by atoms with Crippen molar-refractivity contribution in [1.29, 1.82) is 0 Å². The SMILES string of the molecule is Cc1nn(Cc2ccc(C(=O)NC(C)c3ccc(NC(N)=O)cc3)cc2)c(C)c1[N+](=O)[O-]. The molecule has 10 nitrogen and oxygen atoms in total. The van der Waals surface area contributed by atoms with Crippen molar-refractivity contribution in [2.24, 2.45) is 5.73 Å². The van der Waals surface area contributed by atoms with Crippen LogP contribution in [-0.4, -0.2) is 26.6 Å². The summed E-state index contributed by atoms with van der Waals surface area (Å²) in [6, 6.07) is 13.1. The highest BCUT2D eigenvalue weighted by Crippen LogP contribution is 2.23. The molecule has 3 aromatic rings. The number of rotatable bonds is 7. The van der Waals surface area contributed by atoms with Crippen molar-refractivity contribution in [2.45, 2.75) is 33.4 Å². The lowest BCUT2D eigenvalue weighted by Crippen LogP contribution is -2.26. The van der Waals surface area contributed by atoms with Crippen molar-refractivity contribution in [3.05, 3.63) is 86.7 Å². The van der Waals surface area contributed by atoms with Gasteiger partial charge in [0.25, 0.3) is 5.91 Å². The number of nitrogens with zero attached hydrogens (tertiary/aromatic N) is 3. The molecule has 1 heterocycles. The van der Waals surface area contributed by atoms with Crippen LogP contribution >= 0.6 is 0 Å². The van der Waals surface area contributed by atoms with E-state index in [1.807, 2.05) is 6.92 Å². The van der Waals surface area contributed by atoms with Gasteiger partial charge in [0.05, 0.1) is 17.5 Å². The van der Waals surface area contributed by atoms with Gasteiger partial charge >= 0.3 is 11.7 Å². The van der Waals surface area contributed by atoms with E-state index < -0.39 is 11.0 Å². The summed E-state index contributed by atoms with van der Waals surface area (Å²) in [7, 11) is 0. The molecule has 0 saturated heterocycles.